The molecule has 2 fully saturated rings. The summed E-state index contributed by atoms with van der Waals surface area (Å²) in [6.45, 7) is 0. The van der Waals surface area contributed by atoms with Gasteiger partial charge in [-0.1, -0.05) is 12.1 Å². The lowest BCUT2D eigenvalue weighted by Gasteiger charge is -2.46. The molecule has 0 saturated heterocycles. The lowest BCUT2D eigenvalue weighted by atomic mass is 9.72. The fourth-order valence-electron chi connectivity index (χ4n) is 2.83. The standard InChI is InChI=1S/C15H22N2O2/c1-18-15(8-3-9-15)14(17-16)11-4-2-5-13(10-11)19-12-6-7-12/h2,4-5,10,12,14,17H,3,6-9,16H2,1H3. The molecule has 2 aliphatic rings. The SMILES string of the molecule is COC1(C(NN)c2cccc(OC3CC3)c2)CCC1. The predicted octanol–water partition coefficient (Wildman–Crippen LogP) is 2.30. The van der Waals surface area contributed by atoms with Crippen LogP contribution in [0.2, 0.25) is 0 Å². The van der Waals surface area contributed by atoms with Crippen LogP contribution in [0.4, 0.5) is 0 Å². The molecule has 0 spiro atoms. The average molecular weight is 262 g/mol. The van der Waals surface area contributed by atoms with E-state index in [0.29, 0.717) is 6.10 Å². The summed E-state index contributed by atoms with van der Waals surface area (Å²) in [5.41, 5.74) is 3.91. The molecule has 19 heavy (non-hydrogen) atoms. The average Bonchev–Trinajstić information content (AvgIpc) is 3.18. The first-order valence-corrected chi connectivity index (χ1v) is 7.05. The van der Waals surface area contributed by atoms with Gasteiger partial charge >= 0.3 is 0 Å². The summed E-state index contributed by atoms with van der Waals surface area (Å²) in [6, 6.07) is 8.23. The summed E-state index contributed by atoms with van der Waals surface area (Å²) in [6.07, 6.45) is 6.05. The van der Waals surface area contributed by atoms with Crippen LogP contribution < -0.4 is 16.0 Å². The van der Waals surface area contributed by atoms with E-state index in [2.05, 4.69) is 17.6 Å². The van der Waals surface area contributed by atoms with Crippen molar-refractivity contribution in [1.82, 2.24) is 5.43 Å². The number of nitrogens with one attached hydrogen (secondary N) is 1. The summed E-state index contributed by atoms with van der Waals surface area (Å²) in [5.74, 6) is 6.70. The van der Waals surface area contributed by atoms with Crippen LogP contribution in [0.15, 0.2) is 24.3 Å². The largest absolute Gasteiger partial charge is 0.490 e. The first-order chi connectivity index (χ1) is 9.27. The van der Waals surface area contributed by atoms with Gasteiger partial charge in [-0.3, -0.25) is 11.3 Å². The number of methoxy groups -OCH3 is 1. The number of ether oxygens (including phenoxy) is 2. The summed E-state index contributed by atoms with van der Waals surface area (Å²) in [7, 11) is 1.77. The molecular weight excluding hydrogens is 240 g/mol. The van der Waals surface area contributed by atoms with Crippen molar-refractivity contribution in [2.45, 2.75) is 49.9 Å². The van der Waals surface area contributed by atoms with Gasteiger partial charge in [-0.15, -0.1) is 0 Å². The minimum atomic E-state index is -0.160. The highest BCUT2D eigenvalue weighted by Crippen LogP contribution is 2.45. The van der Waals surface area contributed by atoms with Crippen LogP contribution >= 0.6 is 0 Å². The van der Waals surface area contributed by atoms with Crippen molar-refractivity contribution in [3.63, 3.8) is 0 Å². The van der Waals surface area contributed by atoms with Crippen LogP contribution in [0.3, 0.4) is 0 Å². The normalized spacial score (nSPS) is 22.6. The van der Waals surface area contributed by atoms with Gasteiger partial charge in [0.15, 0.2) is 0 Å². The molecule has 1 aromatic rings. The molecule has 0 amide bonds. The van der Waals surface area contributed by atoms with Crippen molar-refractivity contribution >= 4 is 0 Å². The quantitative estimate of drug-likeness (QED) is 0.610. The molecule has 4 heteroatoms. The highest BCUT2D eigenvalue weighted by molar-refractivity contribution is 5.33. The maximum Gasteiger partial charge on any atom is 0.120 e. The molecule has 0 aliphatic heterocycles. The number of benzene rings is 1. The third kappa shape index (κ3) is 2.48. The first kappa shape index (κ1) is 12.9. The maximum absolute atomic E-state index is 5.85. The predicted molar refractivity (Wildman–Crippen MR) is 73.7 cm³/mol. The Morgan fingerprint density at radius 1 is 1.37 bits per heavy atom. The molecule has 2 saturated carbocycles. The third-order valence-electron chi connectivity index (χ3n) is 4.32. The van der Waals surface area contributed by atoms with Gasteiger partial charge in [-0.05, 0) is 49.8 Å². The minimum Gasteiger partial charge on any atom is -0.490 e. The van der Waals surface area contributed by atoms with Crippen molar-refractivity contribution in [1.29, 1.82) is 0 Å². The van der Waals surface area contributed by atoms with Gasteiger partial charge in [0.2, 0.25) is 0 Å². The molecule has 0 heterocycles. The molecule has 3 N–H and O–H groups in total. The van der Waals surface area contributed by atoms with E-state index >= 15 is 0 Å². The Morgan fingerprint density at radius 2 is 2.16 bits per heavy atom. The highest BCUT2D eigenvalue weighted by atomic mass is 16.5. The van der Waals surface area contributed by atoms with E-state index in [1.165, 1.54) is 19.3 Å². The molecule has 104 valence electrons. The number of hydrogen-bond acceptors (Lipinski definition) is 4. The fourth-order valence-corrected chi connectivity index (χ4v) is 2.83. The van der Waals surface area contributed by atoms with Gasteiger partial charge in [0.05, 0.1) is 17.7 Å². The van der Waals surface area contributed by atoms with Gasteiger partial charge in [0.25, 0.3) is 0 Å². The highest BCUT2D eigenvalue weighted by Gasteiger charge is 2.45. The van der Waals surface area contributed by atoms with Gasteiger partial charge in [-0.2, -0.15) is 0 Å². The summed E-state index contributed by atoms with van der Waals surface area (Å²) in [4.78, 5) is 0. The summed E-state index contributed by atoms with van der Waals surface area (Å²) >= 11 is 0. The lowest BCUT2D eigenvalue weighted by Crippen LogP contribution is -2.52. The van der Waals surface area contributed by atoms with E-state index in [1.54, 1.807) is 7.11 Å². The second-order valence-corrected chi connectivity index (χ2v) is 5.61. The van der Waals surface area contributed by atoms with Crippen LogP contribution in [0.1, 0.15) is 43.7 Å². The topological polar surface area (TPSA) is 56.5 Å². The Balaban J connectivity index is 1.81. The van der Waals surface area contributed by atoms with Crippen LogP contribution in [0, 0.1) is 0 Å². The zero-order valence-electron chi connectivity index (χ0n) is 11.4. The number of rotatable bonds is 6. The summed E-state index contributed by atoms with van der Waals surface area (Å²) < 4.78 is 11.6. The van der Waals surface area contributed by atoms with Gasteiger partial charge < -0.3 is 9.47 Å². The molecule has 1 atom stereocenters. The van der Waals surface area contributed by atoms with E-state index in [4.69, 9.17) is 15.3 Å². The Kier molecular flexibility index (Phi) is 3.48. The molecular formula is C15H22N2O2. The zero-order valence-corrected chi connectivity index (χ0v) is 11.4. The Bertz CT molecular complexity index is 436. The Labute approximate surface area is 114 Å². The Hall–Kier alpha value is -1.10. The van der Waals surface area contributed by atoms with Gasteiger partial charge in [-0.25, -0.2) is 0 Å². The minimum absolute atomic E-state index is 0.0222. The van der Waals surface area contributed by atoms with E-state index in [0.717, 1.165) is 24.2 Å². The molecule has 1 aromatic carbocycles. The zero-order chi connectivity index (χ0) is 13.3. The molecule has 1 unspecified atom stereocenters. The maximum atomic E-state index is 5.85. The van der Waals surface area contributed by atoms with Crippen molar-refractivity contribution in [3.05, 3.63) is 29.8 Å². The van der Waals surface area contributed by atoms with Gasteiger partial charge in [0, 0.05) is 7.11 Å². The smallest absolute Gasteiger partial charge is 0.120 e. The second kappa shape index (κ2) is 5.12. The van der Waals surface area contributed by atoms with Crippen molar-refractivity contribution in [2.75, 3.05) is 7.11 Å². The number of hydrazine groups is 1. The van der Waals surface area contributed by atoms with Crippen molar-refractivity contribution in [3.8, 4) is 5.75 Å². The van der Waals surface area contributed by atoms with E-state index in [1.807, 2.05) is 12.1 Å². The van der Waals surface area contributed by atoms with Crippen LogP contribution in [0.25, 0.3) is 0 Å². The Morgan fingerprint density at radius 3 is 2.68 bits per heavy atom. The van der Waals surface area contributed by atoms with Gasteiger partial charge in [0.1, 0.15) is 5.75 Å². The monoisotopic (exact) mass is 262 g/mol. The number of hydrogen-bond donors (Lipinski definition) is 2. The third-order valence-corrected chi connectivity index (χ3v) is 4.32. The molecule has 0 radical (unpaired) electrons. The van der Waals surface area contributed by atoms with Crippen LogP contribution in [-0.2, 0) is 4.74 Å². The lowest BCUT2D eigenvalue weighted by molar-refractivity contribution is -0.0999. The van der Waals surface area contributed by atoms with Crippen LogP contribution in [0.5, 0.6) is 5.75 Å². The van der Waals surface area contributed by atoms with Crippen LogP contribution in [-0.4, -0.2) is 18.8 Å². The molecule has 3 rings (SSSR count). The molecule has 2 aliphatic carbocycles. The van der Waals surface area contributed by atoms with E-state index in [-0.39, 0.29) is 11.6 Å². The van der Waals surface area contributed by atoms with Crippen molar-refractivity contribution < 1.29 is 9.47 Å². The van der Waals surface area contributed by atoms with Crippen molar-refractivity contribution in [2.24, 2.45) is 5.84 Å². The van der Waals surface area contributed by atoms with E-state index < -0.39 is 0 Å². The number of nitrogens with two attached hydrogens (primary N) is 1. The molecule has 0 bridgehead atoms. The molecule has 0 aromatic heterocycles. The second-order valence-electron chi connectivity index (χ2n) is 5.61. The summed E-state index contributed by atoms with van der Waals surface area (Å²) in [5, 5.41) is 0. The fraction of sp³-hybridized carbons (Fsp3) is 0.600. The van der Waals surface area contributed by atoms with E-state index in [9.17, 15) is 0 Å². The first-order valence-electron chi connectivity index (χ1n) is 7.05. The molecule has 4 nitrogen and oxygen atoms in total.